The van der Waals surface area contributed by atoms with Crippen LogP contribution >= 0.6 is 0 Å². The van der Waals surface area contributed by atoms with E-state index in [0.29, 0.717) is 42.3 Å². The van der Waals surface area contributed by atoms with Gasteiger partial charge in [-0.1, -0.05) is 0 Å². The van der Waals surface area contributed by atoms with Crippen molar-refractivity contribution in [1.82, 2.24) is 30.0 Å². The zero-order chi connectivity index (χ0) is 26.1. The number of tetrazole rings is 1. The van der Waals surface area contributed by atoms with Crippen LogP contribution in [0.1, 0.15) is 52.2 Å². The largest absolute Gasteiger partial charge is 0.484 e. The molecule has 1 N–H and O–H groups in total. The average molecular weight is 499 g/mol. The van der Waals surface area contributed by atoms with Gasteiger partial charge in [0, 0.05) is 43.3 Å². The van der Waals surface area contributed by atoms with E-state index in [2.05, 4.69) is 20.6 Å². The first-order valence-corrected chi connectivity index (χ1v) is 11.7. The van der Waals surface area contributed by atoms with Gasteiger partial charge in [0.2, 0.25) is 5.88 Å². The van der Waals surface area contributed by atoms with Crippen molar-refractivity contribution in [2.75, 3.05) is 6.61 Å². The fraction of sp³-hybridized carbons (Fsp3) is 0.500. The highest BCUT2D eigenvalue weighted by atomic mass is 16.6. The molecular formula is C24H30N6O6. The van der Waals surface area contributed by atoms with Crippen LogP contribution in [0.15, 0.2) is 35.1 Å². The van der Waals surface area contributed by atoms with Crippen molar-refractivity contribution in [2.45, 2.75) is 64.4 Å². The molecule has 0 spiro atoms. The van der Waals surface area contributed by atoms with Crippen molar-refractivity contribution in [1.29, 1.82) is 0 Å². The maximum atomic E-state index is 11.8. The van der Waals surface area contributed by atoms with Gasteiger partial charge < -0.3 is 19.3 Å². The number of esters is 1. The van der Waals surface area contributed by atoms with E-state index in [0.717, 1.165) is 4.68 Å². The number of hydrogen-bond donors (Lipinski definition) is 1. The zero-order valence-electron chi connectivity index (χ0n) is 21.0. The number of rotatable bonds is 8. The van der Waals surface area contributed by atoms with Gasteiger partial charge in [0.15, 0.2) is 11.9 Å². The highest BCUT2D eigenvalue weighted by Crippen LogP contribution is 2.48. The van der Waals surface area contributed by atoms with E-state index >= 15 is 0 Å². The quantitative estimate of drug-likeness (QED) is 0.457. The third-order valence-electron chi connectivity index (χ3n) is 6.41. The summed E-state index contributed by atoms with van der Waals surface area (Å²) in [6, 6.07) is 8.23. The number of fused-ring (bicyclic) bond motifs is 1. The van der Waals surface area contributed by atoms with Gasteiger partial charge in [0.1, 0.15) is 17.0 Å². The van der Waals surface area contributed by atoms with Gasteiger partial charge in [-0.2, -0.15) is 0 Å². The summed E-state index contributed by atoms with van der Waals surface area (Å²) in [6.45, 7) is 7.71. The Bertz CT molecular complexity index is 1310. The van der Waals surface area contributed by atoms with Gasteiger partial charge in [-0.25, -0.2) is 9.36 Å². The molecule has 2 atom stereocenters. The molecule has 1 aliphatic rings. The molecule has 0 fully saturated rings. The summed E-state index contributed by atoms with van der Waals surface area (Å²) < 4.78 is 20.1. The molecule has 1 aromatic carbocycles. The maximum absolute atomic E-state index is 11.8. The number of ether oxygens (including phenoxy) is 3. The first-order valence-electron chi connectivity index (χ1n) is 11.7. The van der Waals surface area contributed by atoms with E-state index < -0.39 is 17.3 Å². The molecule has 2 aromatic heterocycles. The Hall–Kier alpha value is -3.80. The van der Waals surface area contributed by atoms with E-state index in [1.54, 1.807) is 44.5 Å². The minimum absolute atomic E-state index is 0.181. The fourth-order valence-electron chi connectivity index (χ4n) is 3.99. The van der Waals surface area contributed by atoms with Gasteiger partial charge in [-0.15, -0.1) is 10.2 Å². The molecule has 0 radical (unpaired) electrons. The van der Waals surface area contributed by atoms with Crippen molar-refractivity contribution in [2.24, 2.45) is 7.05 Å². The standard InChI is InChI=1S/C24H30N6O6/c1-6-34-20(32)8-7-13-30-22(25-27-28-30)15-9-10-17-16(14-15)21(24(4,33)23(2,3)36-17)35-18-11-12-19(31)29(5)26-18/h9-12,14,21,33H,6-8,13H2,1-5H3. The minimum atomic E-state index is -1.47. The Kier molecular flexibility index (Phi) is 6.81. The maximum Gasteiger partial charge on any atom is 0.305 e. The summed E-state index contributed by atoms with van der Waals surface area (Å²) >= 11 is 0. The molecule has 0 bridgehead atoms. The van der Waals surface area contributed by atoms with E-state index in [9.17, 15) is 14.7 Å². The topological polar surface area (TPSA) is 143 Å². The molecule has 1 aliphatic heterocycles. The molecule has 12 nitrogen and oxygen atoms in total. The van der Waals surface area contributed by atoms with E-state index in [-0.39, 0.29) is 23.8 Å². The molecular weight excluding hydrogens is 468 g/mol. The molecule has 4 rings (SSSR count). The second-order valence-corrected chi connectivity index (χ2v) is 9.28. The number of carbonyl (C=O) groups excluding carboxylic acids is 1. The summed E-state index contributed by atoms with van der Waals surface area (Å²) in [5, 5.41) is 27.7. The highest BCUT2D eigenvalue weighted by molar-refractivity contribution is 5.69. The molecule has 0 saturated heterocycles. The lowest BCUT2D eigenvalue weighted by Crippen LogP contribution is -2.59. The second-order valence-electron chi connectivity index (χ2n) is 9.28. The molecule has 36 heavy (non-hydrogen) atoms. The SMILES string of the molecule is CCOC(=O)CCCn1nnnc1-c1ccc2c(c1)C(Oc1ccc(=O)n(C)n1)C(C)(O)C(C)(C)O2. The van der Waals surface area contributed by atoms with Crippen molar-refractivity contribution in [3.8, 4) is 23.0 Å². The van der Waals surface area contributed by atoms with Crippen LogP contribution in [0.5, 0.6) is 11.6 Å². The Balaban J connectivity index is 1.68. The van der Waals surface area contributed by atoms with Crippen LogP contribution < -0.4 is 15.0 Å². The molecule has 3 heterocycles. The molecule has 0 aliphatic carbocycles. The van der Waals surface area contributed by atoms with Crippen molar-refractivity contribution in [3.05, 3.63) is 46.2 Å². The summed E-state index contributed by atoms with van der Waals surface area (Å²) in [4.78, 5) is 23.4. The summed E-state index contributed by atoms with van der Waals surface area (Å²) in [7, 11) is 1.52. The van der Waals surface area contributed by atoms with Crippen LogP contribution in [-0.2, 0) is 23.1 Å². The molecule has 0 saturated carbocycles. The normalized spacial score (nSPS) is 20.3. The molecule has 0 amide bonds. The van der Waals surface area contributed by atoms with Crippen molar-refractivity contribution < 1.29 is 24.1 Å². The number of hydrogen-bond acceptors (Lipinski definition) is 10. The Morgan fingerprint density at radius 1 is 1.22 bits per heavy atom. The smallest absolute Gasteiger partial charge is 0.305 e. The van der Waals surface area contributed by atoms with Crippen molar-refractivity contribution in [3.63, 3.8) is 0 Å². The van der Waals surface area contributed by atoms with Crippen LogP contribution in [-0.4, -0.2) is 58.9 Å². The van der Waals surface area contributed by atoms with Crippen LogP contribution in [0.3, 0.4) is 0 Å². The predicted octanol–water partition coefficient (Wildman–Crippen LogP) is 1.82. The Morgan fingerprint density at radius 2 is 2.00 bits per heavy atom. The van der Waals surface area contributed by atoms with Gasteiger partial charge in [-0.3, -0.25) is 9.59 Å². The molecule has 192 valence electrons. The number of nitrogens with zero attached hydrogens (tertiary/aromatic N) is 6. The first-order chi connectivity index (χ1) is 17.0. The van der Waals surface area contributed by atoms with Crippen molar-refractivity contribution >= 4 is 5.97 Å². The highest BCUT2D eigenvalue weighted by Gasteiger charge is 2.54. The average Bonchev–Trinajstić information content (AvgIpc) is 3.28. The molecule has 2 unspecified atom stereocenters. The Labute approximate surface area is 207 Å². The van der Waals surface area contributed by atoms with Crippen LogP contribution in [0, 0.1) is 0 Å². The number of aliphatic hydroxyl groups is 1. The number of aromatic nitrogens is 6. The van der Waals surface area contributed by atoms with E-state index in [4.69, 9.17) is 14.2 Å². The number of benzene rings is 1. The van der Waals surface area contributed by atoms with Gasteiger partial charge in [-0.05, 0) is 62.7 Å². The first kappa shape index (κ1) is 25.3. The lowest BCUT2D eigenvalue weighted by atomic mass is 9.76. The van der Waals surface area contributed by atoms with Gasteiger partial charge in [0.05, 0.1) is 6.61 Å². The molecule has 3 aromatic rings. The number of aryl methyl sites for hydroxylation is 2. The summed E-state index contributed by atoms with van der Waals surface area (Å²) in [6.07, 6.45) is -0.113. The van der Waals surface area contributed by atoms with Crippen LogP contribution in [0.25, 0.3) is 11.4 Å². The van der Waals surface area contributed by atoms with Crippen LogP contribution in [0.4, 0.5) is 0 Å². The molecule has 12 heteroatoms. The summed E-state index contributed by atoms with van der Waals surface area (Å²) in [5.74, 6) is 0.937. The van der Waals surface area contributed by atoms with Gasteiger partial charge in [0.25, 0.3) is 5.56 Å². The lowest BCUT2D eigenvalue weighted by Gasteiger charge is -2.48. The van der Waals surface area contributed by atoms with E-state index in [1.165, 1.54) is 19.2 Å². The zero-order valence-corrected chi connectivity index (χ0v) is 21.0. The second kappa shape index (κ2) is 9.69. The monoisotopic (exact) mass is 498 g/mol. The van der Waals surface area contributed by atoms with Crippen LogP contribution in [0.2, 0.25) is 0 Å². The Morgan fingerprint density at radius 3 is 2.72 bits per heavy atom. The van der Waals surface area contributed by atoms with Gasteiger partial charge >= 0.3 is 5.97 Å². The summed E-state index contributed by atoms with van der Waals surface area (Å²) in [5.41, 5.74) is -1.49. The predicted molar refractivity (Wildman–Crippen MR) is 127 cm³/mol. The third-order valence-corrected chi connectivity index (χ3v) is 6.41. The van der Waals surface area contributed by atoms with E-state index in [1.807, 2.05) is 6.07 Å². The lowest BCUT2D eigenvalue weighted by molar-refractivity contribution is -0.175. The third kappa shape index (κ3) is 4.81. The fourth-order valence-corrected chi connectivity index (χ4v) is 3.99. The number of carbonyl (C=O) groups is 1. The minimum Gasteiger partial charge on any atom is -0.484 e.